The molecule has 0 radical (unpaired) electrons. The van der Waals surface area contributed by atoms with Gasteiger partial charge in [-0.3, -0.25) is 0 Å². The number of hydrogen-bond donors (Lipinski definition) is 1. The average molecular weight is 319 g/mol. The minimum atomic E-state index is 0.741. The van der Waals surface area contributed by atoms with Gasteiger partial charge in [-0.25, -0.2) is 4.98 Å². The van der Waals surface area contributed by atoms with Crippen LogP contribution in [-0.2, 0) is 19.5 Å². The summed E-state index contributed by atoms with van der Waals surface area (Å²) in [7, 11) is 0. The summed E-state index contributed by atoms with van der Waals surface area (Å²) in [6.45, 7) is 6.33. The van der Waals surface area contributed by atoms with E-state index < -0.39 is 0 Å². The van der Waals surface area contributed by atoms with Crippen molar-refractivity contribution in [2.75, 3.05) is 18.0 Å². The fourth-order valence-corrected chi connectivity index (χ4v) is 4.97. The molecule has 2 aromatic rings. The number of nitrogens with one attached hydrogen (secondary N) is 1. The van der Waals surface area contributed by atoms with Gasteiger partial charge in [-0.1, -0.05) is 6.92 Å². The second-order valence-corrected chi connectivity index (χ2v) is 7.96. The van der Waals surface area contributed by atoms with Gasteiger partial charge in [0.1, 0.15) is 0 Å². The first-order chi connectivity index (χ1) is 10.3. The van der Waals surface area contributed by atoms with Gasteiger partial charge >= 0.3 is 0 Å². The zero-order chi connectivity index (χ0) is 14.2. The molecule has 0 aromatic carbocycles. The third-order valence-electron chi connectivity index (χ3n) is 4.29. The molecule has 0 amide bonds. The van der Waals surface area contributed by atoms with E-state index in [1.54, 1.807) is 4.88 Å². The zero-order valence-electron chi connectivity index (χ0n) is 12.4. The third-order valence-corrected chi connectivity index (χ3v) is 6.45. The van der Waals surface area contributed by atoms with Crippen LogP contribution in [0.5, 0.6) is 0 Å². The smallest absolute Gasteiger partial charge is 0.186 e. The van der Waals surface area contributed by atoms with Gasteiger partial charge in [0.15, 0.2) is 5.13 Å². The Morgan fingerprint density at radius 1 is 1.43 bits per heavy atom. The van der Waals surface area contributed by atoms with E-state index in [2.05, 4.69) is 28.6 Å². The fraction of sp³-hybridized carbons (Fsp3) is 0.562. The standard InChI is InChI=1S/C16H21N3S2/c1-2-17-9-14-15(11-3-4-11)18-16(21-14)19-7-5-13-12(10-19)6-8-20-13/h6,8,11,17H,2-5,7,9-10H2,1H3. The summed E-state index contributed by atoms with van der Waals surface area (Å²) in [6.07, 6.45) is 3.84. The fourth-order valence-electron chi connectivity index (χ4n) is 2.94. The summed E-state index contributed by atoms with van der Waals surface area (Å²) in [6, 6.07) is 2.28. The Labute approximate surface area is 134 Å². The molecule has 0 unspecified atom stereocenters. The highest BCUT2D eigenvalue weighted by atomic mass is 32.1. The zero-order valence-corrected chi connectivity index (χ0v) is 14.0. The SMILES string of the molecule is CCNCc1sc(N2CCc3sccc3C2)nc1C1CC1. The highest BCUT2D eigenvalue weighted by Crippen LogP contribution is 2.44. The predicted octanol–water partition coefficient (Wildman–Crippen LogP) is 3.75. The molecule has 0 atom stereocenters. The Morgan fingerprint density at radius 3 is 3.14 bits per heavy atom. The van der Waals surface area contributed by atoms with Gasteiger partial charge in [0.05, 0.1) is 5.69 Å². The molecule has 1 aliphatic carbocycles. The Morgan fingerprint density at radius 2 is 2.33 bits per heavy atom. The predicted molar refractivity (Wildman–Crippen MR) is 90.5 cm³/mol. The molecule has 112 valence electrons. The van der Waals surface area contributed by atoms with E-state index in [4.69, 9.17) is 4.98 Å². The molecule has 5 heteroatoms. The third kappa shape index (κ3) is 2.74. The number of thiophene rings is 1. The number of fused-ring (bicyclic) bond motifs is 1. The lowest BCUT2D eigenvalue weighted by Gasteiger charge is -2.26. The van der Waals surface area contributed by atoms with Crippen LogP contribution in [0.1, 0.15) is 46.7 Å². The summed E-state index contributed by atoms with van der Waals surface area (Å²) < 4.78 is 0. The van der Waals surface area contributed by atoms with Crippen molar-refractivity contribution in [1.29, 1.82) is 0 Å². The molecule has 0 saturated heterocycles. The summed E-state index contributed by atoms with van der Waals surface area (Å²) >= 11 is 3.81. The van der Waals surface area contributed by atoms with E-state index in [1.165, 1.54) is 40.5 Å². The minimum absolute atomic E-state index is 0.741. The average Bonchev–Trinajstić information content (AvgIpc) is 3.10. The van der Waals surface area contributed by atoms with Gasteiger partial charge in [-0.15, -0.1) is 22.7 Å². The first-order valence-corrected chi connectivity index (χ1v) is 9.55. The molecule has 3 nitrogen and oxygen atoms in total. The van der Waals surface area contributed by atoms with E-state index in [1.807, 2.05) is 22.7 Å². The molecule has 2 aliphatic rings. The van der Waals surface area contributed by atoms with Crippen molar-refractivity contribution in [2.24, 2.45) is 0 Å². The molecule has 21 heavy (non-hydrogen) atoms. The van der Waals surface area contributed by atoms with E-state index >= 15 is 0 Å². The molecule has 1 fully saturated rings. The Balaban J connectivity index is 1.57. The van der Waals surface area contributed by atoms with Crippen LogP contribution in [0, 0.1) is 0 Å². The Bertz CT molecular complexity index is 627. The van der Waals surface area contributed by atoms with Crippen LogP contribution < -0.4 is 10.2 Å². The molecule has 2 aromatic heterocycles. The first-order valence-electron chi connectivity index (χ1n) is 7.85. The lowest BCUT2D eigenvalue weighted by molar-refractivity contribution is 0.724. The van der Waals surface area contributed by atoms with E-state index in [-0.39, 0.29) is 0 Å². The summed E-state index contributed by atoms with van der Waals surface area (Å²) in [5, 5.41) is 6.93. The highest BCUT2D eigenvalue weighted by molar-refractivity contribution is 7.15. The summed E-state index contributed by atoms with van der Waals surface area (Å²) in [5.41, 5.74) is 2.88. The molecule has 1 saturated carbocycles. The van der Waals surface area contributed by atoms with Crippen molar-refractivity contribution in [2.45, 2.75) is 45.2 Å². The lowest BCUT2D eigenvalue weighted by atomic mass is 10.1. The molecule has 3 heterocycles. The Hall–Kier alpha value is -0.910. The van der Waals surface area contributed by atoms with Crippen LogP contribution in [-0.4, -0.2) is 18.1 Å². The van der Waals surface area contributed by atoms with Crippen LogP contribution >= 0.6 is 22.7 Å². The van der Waals surface area contributed by atoms with Crippen LogP contribution in [0.3, 0.4) is 0 Å². The van der Waals surface area contributed by atoms with Gasteiger partial charge in [-0.05, 0) is 42.8 Å². The number of nitrogens with zero attached hydrogens (tertiary/aromatic N) is 2. The van der Waals surface area contributed by atoms with E-state index in [0.29, 0.717) is 0 Å². The van der Waals surface area contributed by atoms with E-state index in [9.17, 15) is 0 Å². The van der Waals surface area contributed by atoms with Gasteiger partial charge in [-0.2, -0.15) is 0 Å². The lowest BCUT2D eigenvalue weighted by Crippen LogP contribution is -2.29. The van der Waals surface area contributed by atoms with Crippen molar-refractivity contribution in [3.63, 3.8) is 0 Å². The summed E-state index contributed by atoms with van der Waals surface area (Å²) in [4.78, 5) is 10.5. The van der Waals surface area contributed by atoms with Crippen molar-refractivity contribution < 1.29 is 0 Å². The van der Waals surface area contributed by atoms with Gasteiger partial charge in [0, 0.05) is 35.3 Å². The molecule has 1 aliphatic heterocycles. The normalized spacial score (nSPS) is 18.0. The second kappa shape index (κ2) is 5.71. The van der Waals surface area contributed by atoms with Crippen molar-refractivity contribution >= 4 is 27.8 Å². The molecule has 0 bridgehead atoms. The molecule has 4 rings (SSSR count). The molecule has 0 spiro atoms. The van der Waals surface area contributed by atoms with Crippen molar-refractivity contribution in [3.8, 4) is 0 Å². The molecular weight excluding hydrogens is 298 g/mol. The van der Waals surface area contributed by atoms with Crippen molar-refractivity contribution in [1.82, 2.24) is 10.3 Å². The Kier molecular flexibility index (Phi) is 3.73. The maximum absolute atomic E-state index is 5.01. The monoisotopic (exact) mass is 319 g/mol. The quantitative estimate of drug-likeness (QED) is 0.909. The maximum Gasteiger partial charge on any atom is 0.186 e. The topological polar surface area (TPSA) is 28.2 Å². The van der Waals surface area contributed by atoms with Crippen LogP contribution in [0.15, 0.2) is 11.4 Å². The van der Waals surface area contributed by atoms with Gasteiger partial charge in [0.25, 0.3) is 0 Å². The summed E-state index contributed by atoms with van der Waals surface area (Å²) in [5.74, 6) is 0.741. The van der Waals surface area contributed by atoms with Gasteiger partial charge in [0.2, 0.25) is 0 Å². The van der Waals surface area contributed by atoms with E-state index in [0.717, 1.165) is 32.1 Å². The van der Waals surface area contributed by atoms with Gasteiger partial charge < -0.3 is 10.2 Å². The minimum Gasteiger partial charge on any atom is -0.343 e. The number of anilines is 1. The molecular formula is C16H21N3S2. The molecule has 1 N–H and O–H groups in total. The van der Waals surface area contributed by atoms with Crippen LogP contribution in [0.25, 0.3) is 0 Å². The highest BCUT2D eigenvalue weighted by Gasteiger charge is 2.31. The number of hydrogen-bond acceptors (Lipinski definition) is 5. The van der Waals surface area contributed by atoms with Crippen LogP contribution in [0.2, 0.25) is 0 Å². The number of thiazole rings is 1. The first kappa shape index (κ1) is 13.7. The second-order valence-electron chi connectivity index (χ2n) is 5.90. The number of aromatic nitrogens is 1. The maximum atomic E-state index is 5.01. The van der Waals surface area contributed by atoms with Crippen molar-refractivity contribution in [3.05, 3.63) is 32.5 Å². The van der Waals surface area contributed by atoms with Crippen LogP contribution in [0.4, 0.5) is 5.13 Å². The number of rotatable bonds is 5. The largest absolute Gasteiger partial charge is 0.343 e.